The lowest BCUT2D eigenvalue weighted by Crippen LogP contribution is -2.68. The third kappa shape index (κ3) is 14.6. The molecule has 15 aliphatic heterocycles. The van der Waals surface area contributed by atoms with Gasteiger partial charge in [0.25, 0.3) is 0 Å². The first kappa shape index (κ1) is 71.3. The largest absolute Gasteiger partial charge is 0.465 e. The zero-order chi connectivity index (χ0) is 64.6. The molecule has 1 aromatic rings. The van der Waals surface area contributed by atoms with E-state index in [1.165, 1.54) is 18.2 Å². The van der Waals surface area contributed by atoms with Crippen molar-refractivity contribution in [3.05, 3.63) is 32.9 Å². The van der Waals surface area contributed by atoms with E-state index in [0.29, 0.717) is 3.57 Å². The summed E-state index contributed by atoms with van der Waals surface area (Å²) in [6, 6.07) is 4.46. The Kier molecular flexibility index (Phi) is 24.7. The average Bonchev–Trinajstić information content (AvgIpc) is 1.43. The predicted molar refractivity (Wildman–Crippen MR) is 282 cm³/mol. The SMILES string of the molecule is COC(=O)c1cc(CO[C@H]2[C@H]3O[C@H]4[C@H](O)[C@@H](O)[C@@H](O[C@H]5[C@H](O)[C@@H](O)[C@@H](O[C@H]6[C@H](O)[C@@H](O)[C@@H](O[C@H]7[C@@H](O)[C@H](O)[C@@H](O[C@H]8[C@@H](O)[C@H](O)[C@@H](O[C@H]9[C@@H](O)[C@H](O)[C@@H](O[C@@H]([C@@H]2O)[C@@H](CO)O3)O[C@@H]9CO)O[C@@H]8CO)O[C@@H]7CO)O[C@@H]6CO)O[C@@H]5CO)O[C@@H]4CO)ccc1I. The molecule has 15 aliphatic rings. The minimum atomic E-state index is -2.24. The van der Waals surface area contributed by atoms with E-state index in [9.17, 15) is 107 Å². The smallest absolute Gasteiger partial charge is 0.338 e. The van der Waals surface area contributed by atoms with Crippen LogP contribution in [0.1, 0.15) is 15.9 Å². The Bertz CT molecular complexity index is 2400. The van der Waals surface area contributed by atoms with E-state index in [1.54, 1.807) is 0 Å². The van der Waals surface area contributed by atoms with Crippen molar-refractivity contribution in [1.29, 1.82) is 0 Å². The zero-order valence-electron chi connectivity index (χ0n) is 46.9. The second-order valence-corrected chi connectivity index (χ2v) is 23.4. The van der Waals surface area contributed by atoms with E-state index in [-0.39, 0.29) is 11.1 Å². The van der Waals surface area contributed by atoms with Crippen molar-refractivity contribution in [2.24, 2.45) is 0 Å². The maximum absolute atomic E-state index is 12.6. The molecule has 89 heavy (non-hydrogen) atoms. The summed E-state index contributed by atoms with van der Waals surface area (Å²) in [6.45, 7) is -7.94. The van der Waals surface area contributed by atoms with Crippen LogP contribution in [0.25, 0.3) is 0 Å². The third-order valence-corrected chi connectivity index (χ3v) is 17.6. The van der Waals surface area contributed by atoms with Gasteiger partial charge in [-0.25, -0.2) is 4.79 Å². The molecule has 15 fully saturated rings. The molecule has 20 N–H and O–H groups in total. The number of ether oxygens (including phenoxy) is 16. The van der Waals surface area contributed by atoms with E-state index < -0.39 is 274 Å². The first-order valence-corrected chi connectivity index (χ1v) is 29.3. The van der Waals surface area contributed by atoms with Crippen molar-refractivity contribution in [2.45, 2.75) is 222 Å². The summed E-state index contributed by atoms with van der Waals surface area (Å²) < 4.78 is 93.1. The Balaban J connectivity index is 1.03. The molecule has 15 heterocycles. The van der Waals surface area contributed by atoms with Crippen LogP contribution in [0, 0.1) is 3.57 Å². The summed E-state index contributed by atoms with van der Waals surface area (Å²) in [4.78, 5) is 12.6. The number of aliphatic hydroxyl groups is 20. The van der Waals surface area contributed by atoms with Crippen LogP contribution in [0.3, 0.4) is 0 Å². The second kappa shape index (κ2) is 30.8. The van der Waals surface area contributed by atoms with Gasteiger partial charge in [0.1, 0.15) is 171 Å². The van der Waals surface area contributed by atoms with Gasteiger partial charge in [-0.2, -0.15) is 0 Å². The fourth-order valence-corrected chi connectivity index (χ4v) is 12.3. The molecule has 0 amide bonds. The maximum Gasteiger partial charge on any atom is 0.338 e. The second-order valence-electron chi connectivity index (χ2n) is 22.2. The Hall–Kier alpha value is -1.98. The maximum atomic E-state index is 12.6. The predicted octanol–water partition coefficient (Wildman–Crippen LogP) is -12.6. The minimum absolute atomic E-state index is 0.0982. The molecule has 38 heteroatoms. The number of rotatable bonds is 11. The number of esters is 1. The van der Waals surface area contributed by atoms with Crippen molar-refractivity contribution in [3.63, 3.8) is 0 Å². The van der Waals surface area contributed by atoms with Crippen molar-refractivity contribution in [2.75, 3.05) is 53.4 Å². The normalized spacial score (nSPS) is 49.4. The lowest BCUT2D eigenvalue weighted by atomic mass is 9.95. The molecule has 0 saturated carbocycles. The number of hydrogen-bond donors (Lipinski definition) is 20. The van der Waals surface area contributed by atoms with Crippen LogP contribution in [0.15, 0.2) is 18.2 Å². The van der Waals surface area contributed by atoms with Crippen molar-refractivity contribution in [3.8, 4) is 0 Å². The molecule has 15 saturated heterocycles. The van der Waals surface area contributed by atoms with Gasteiger partial charge in [-0.1, -0.05) is 6.07 Å². The highest BCUT2D eigenvalue weighted by molar-refractivity contribution is 14.1. The Morgan fingerprint density at radius 3 is 0.843 bits per heavy atom. The average molecular weight is 1410 g/mol. The Labute approximate surface area is 517 Å². The molecule has 510 valence electrons. The van der Waals surface area contributed by atoms with Gasteiger partial charge in [-0.3, -0.25) is 0 Å². The highest BCUT2D eigenvalue weighted by atomic mass is 127. The van der Waals surface area contributed by atoms with Gasteiger partial charge in [0, 0.05) is 3.57 Å². The number of halogens is 1. The fraction of sp³-hybridized carbons (Fsp3) is 0.863. The van der Waals surface area contributed by atoms with Crippen LogP contribution in [-0.4, -0.2) is 376 Å². The molecule has 0 aromatic heterocycles. The van der Waals surface area contributed by atoms with Gasteiger partial charge in [0.15, 0.2) is 44.0 Å². The first-order valence-electron chi connectivity index (χ1n) is 28.2. The molecule has 0 radical (unpaired) electrons. The summed E-state index contributed by atoms with van der Waals surface area (Å²) in [6.07, 6.45) is -70.6. The first-order chi connectivity index (χ1) is 42.5. The van der Waals surface area contributed by atoms with Gasteiger partial charge >= 0.3 is 5.97 Å². The number of benzene rings is 1. The van der Waals surface area contributed by atoms with Crippen LogP contribution >= 0.6 is 22.6 Å². The molecule has 35 atom stereocenters. The molecule has 1 aromatic carbocycles. The summed E-state index contributed by atoms with van der Waals surface area (Å²) in [5, 5.41) is 224. The minimum Gasteiger partial charge on any atom is -0.465 e. The number of aliphatic hydroxyl groups excluding tert-OH is 20. The summed E-state index contributed by atoms with van der Waals surface area (Å²) in [5.41, 5.74) is 0.370. The van der Waals surface area contributed by atoms with Crippen LogP contribution in [0.4, 0.5) is 0 Å². The number of carbonyl (C=O) groups is 1. The standard InChI is InChI=1S/C51H77IO37/c1-74-44(73)14-4-13(2-3-15(14)52)12-75-43-35(72)42-22(11-59)82-51(43)89-41-21(10-58)81-49(34(71)28(41)65)87-39-19(8-56)79-47(32(69)26(39)63)85-37-17(6-54)77-45(30(67)24(37)61)83-36-16(5-53)76-46(29(66)23(36)60)84-38-18(7-55)78-48(31(68)25(38)62)86-40-20(9-57)80-50(88-42)33(70)27(40)64/h2-4,16-43,45-51,53-72H,5-12H2,1H3/t16-,17-,18-,19-,20-,21-,22-,23+,24-,25+,26-,27+,28-,29+,30-,31+,32-,33+,34-,35+,36-,37-,38-,39-,40-,41-,42-,43-,45-,46-,47-,48-,49-,50-,51-/m1/s1. The van der Waals surface area contributed by atoms with Crippen molar-refractivity contribution >= 4 is 28.6 Å². The van der Waals surface area contributed by atoms with Crippen LogP contribution in [-0.2, 0) is 82.4 Å². The van der Waals surface area contributed by atoms with Gasteiger partial charge in [-0.15, -0.1) is 0 Å². The van der Waals surface area contributed by atoms with Crippen molar-refractivity contribution in [1.82, 2.24) is 0 Å². The van der Waals surface area contributed by atoms with E-state index in [4.69, 9.17) is 75.8 Å². The lowest BCUT2D eigenvalue weighted by Gasteiger charge is -2.50. The van der Waals surface area contributed by atoms with Gasteiger partial charge in [-0.05, 0) is 40.3 Å². The number of hydrogen-bond acceptors (Lipinski definition) is 37. The lowest BCUT2D eigenvalue weighted by molar-refractivity contribution is -0.398. The number of methoxy groups -OCH3 is 1. The molecule has 0 aliphatic carbocycles. The highest BCUT2D eigenvalue weighted by Crippen LogP contribution is 2.40. The molecular formula is C51H77IO37. The monoisotopic (exact) mass is 1410 g/mol. The number of fused-ring (bicyclic) bond motifs is 7. The molecular weight excluding hydrogens is 1330 g/mol. The van der Waals surface area contributed by atoms with Crippen LogP contribution in [0.5, 0.6) is 0 Å². The Morgan fingerprint density at radius 1 is 0.360 bits per heavy atom. The Morgan fingerprint density at radius 2 is 0.596 bits per heavy atom. The van der Waals surface area contributed by atoms with E-state index in [1.807, 2.05) is 22.6 Å². The van der Waals surface area contributed by atoms with E-state index in [2.05, 4.69) is 0 Å². The van der Waals surface area contributed by atoms with E-state index >= 15 is 0 Å². The molecule has 14 bridgehead atoms. The molecule has 0 unspecified atom stereocenters. The molecule has 16 rings (SSSR count). The fourth-order valence-electron chi connectivity index (χ4n) is 11.7. The molecule has 37 nitrogen and oxygen atoms in total. The number of carbonyl (C=O) groups excluding carboxylic acids is 1. The van der Waals surface area contributed by atoms with E-state index in [0.717, 1.165) is 7.11 Å². The van der Waals surface area contributed by atoms with Gasteiger partial charge < -0.3 is 178 Å². The van der Waals surface area contributed by atoms with Crippen LogP contribution in [0.2, 0.25) is 0 Å². The summed E-state index contributed by atoms with van der Waals surface area (Å²) in [5.74, 6) is -0.731. The van der Waals surface area contributed by atoms with Crippen molar-refractivity contribution < 1.29 is 183 Å². The topological polar surface area (TPSA) is 569 Å². The van der Waals surface area contributed by atoms with Gasteiger partial charge in [0.2, 0.25) is 0 Å². The third-order valence-electron chi connectivity index (χ3n) is 16.6. The summed E-state index contributed by atoms with van der Waals surface area (Å²) in [7, 11) is 1.15. The van der Waals surface area contributed by atoms with Crippen LogP contribution < -0.4 is 0 Å². The highest BCUT2D eigenvalue weighted by Gasteiger charge is 2.60. The quantitative estimate of drug-likeness (QED) is 0.0723. The summed E-state index contributed by atoms with van der Waals surface area (Å²) >= 11 is 1.88. The van der Waals surface area contributed by atoms with Gasteiger partial charge in [0.05, 0.1) is 65.5 Å². The zero-order valence-corrected chi connectivity index (χ0v) is 49.0. The molecule has 0 spiro atoms.